The van der Waals surface area contributed by atoms with Crippen molar-refractivity contribution >= 4 is 26.4 Å². The molecule has 0 aromatic heterocycles. The Morgan fingerprint density at radius 1 is 1.00 bits per heavy atom. The predicted molar refractivity (Wildman–Crippen MR) is 141 cm³/mol. The zero-order chi connectivity index (χ0) is 28.1. The first-order valence-electron chi connectivity index (χ1n) is 14.1. The zero-order valence-corrected chi connectivity index (χ0v) is 24.3. The average Bonchev–Trinajstić information content (AvgIpc) is 3.14. The smallest absolute Gasteiger partial charge is 0.393 e. The lowest BCUT2D eigenvalue weighted by Crippen LogP contribution is -2.58. The SMILES string of the molecule is C[C@H](CCC(=O)NCCS(=O)(=O)O)[C@H]1CC[C@H]2[C@@H]3[C@H](O)C[C@@H]4CC(OS(=O)(=O)O)CC[C@]4(C)[C@H]3CC[C@]12C. The number of rotatable bonds is 9. The van der Waals surface area contributed by atoms with Gasteiger partial charge in [0.1, 0.15) is 0 Å². The molecule has 4 saturated carbocycles. The van der Waals surface area contributed by atoms with Gasteiger partial charge in [-0.25, -0.2) is 4.18 Å². The largest absolute Gasteiger partial charge is 0.397 e. The van der Waals surface area contributed by atoms with Gasteiger partial charge < -0.3 is 10.4 Å². The van der Waals surface area contributed by atoms with E-state index in [2.05, 4.69) is 26.1 Å². The van der Waals surface area contributed by atoms with E-state index >= 15 is 0 Å². The second kappa shape index (κ2) is 10.9. The van der Waals surface area contributed by atoms with Gasteiger partial charge in [0.05, 0.1) is 18.0 Å². The molecular weight excluding hydrogens is 534 g/mol. The number of amides is 1. The number of aliphatic hydroxyl groups is 1. The molecule has 10 atom stereocenters. The summed E-state index contributed by atoms with van der Waals surface area (Å²) >= 11 is 0. The maximum absolute atomic E-state index is 12.2. The summed E-state index contributed by atoms with van der Waals surface area (Å²) in [6.45, 7) is 6.77. The topological polar surface area (TPSA) is 167 Å². The lowest BCUT2D eigenvalue weighted by Gasteiger charge is -2.62. The fraction of sp³-hybridized carbons (Fsp3) is 0.962. The molecule has 220 valence electrons. The summed E-state index contributed by atoms with van der Waals surface area (Å²) in [5, 5.41) is 14.0. The van der Waals surface area contributed by atoms with Gasteiger partial charge in [0.25, 0.3) is 10.1 Å². The number of hydrogen-bond acceptors (Lipinski definition) is 7. The molecule has 1 unspecified atom stereocenters. The Labute approximate surface area is 227 Å². The van der Waals surface area contributed by atoms with Crippen molar-refractivity contribution in [1.29, 1.82) is 0 Å². The minimum Gasteiger partial charge on any atom is -0.393 e. The maximum atomic E-state index is 12.2. The molecule has 10 nitrogen and oxygen atoms in total. The van der Waals surface area contributed by atoms with Gasteiger partial charge in [0, 0.05) is 13.0 Å². The van der Waals surface area contributed by atoms with E-state index in [0.717, 1.165) is 32.1 Å². The van der Waals surface area contributed by atoms with Crippen molar-refractivity contribution in [2.45, 2.75) is 97.2 Å². The van der Waals surface area contributed by atoms with Crippen LogP contribution in [0.4, 0.5) is 0 Å². The molecule has 0 aromatic carbocycles. The van der Waals surface area contributed by atoms with Crippen LogP contribution in [0.5, 0.6) is 0 Å². The molecule has 0 aliphatic heterocycles. The molecule has 38 heavy (non-hydrogen) atoms. The number of fused-ring (bicyclic) bond motifs is 5. The molecule has 4 fully saturated rings. The molecule has 0 heterocycles. The summed E-state index contributed by atoms with van der Waals surface area (Å²) in [6, 6.07) is 0. The summed E-state index contributed by atoms with van der Waals surface area (Å²) in [6.07, 6.45) is 6.79. The number of aliphatic hydroxyl groups excluding tert-OH is 1. The molecule has 12 heteroatoms. The molecule has 0 saturated heterocycles. The number of nitrogens with one attached hydrogen (secondary N) is 1. The Morgan fingerprint density at radius 2 is 1.66 bits per heavy atom. The Bertz CT molecular complexity index is 1100. The summed E-state index contributed by atoms with van der Waals surface area (Å²) in [4.78, 5) is 12.2. The third kappa shape index (κ3) is 6.25. The quantitative estimate of drug-likeness (QED) is 0.300. The van der Waals surface area contributed by atoms with E-state index in [1.54, 1.807) is 0 Å². The van der Waals surface area contributed by atoms with E-state index in [0.29, 0.717) is 55.8 Å². The highest BCUT2D eigenvalue weighted by Crippen LogP contribution is 2.68. The molecule has 1 amide bonds. The van der Waals surface area contributed by atoms with Crippen LogP contribution in [-0.2, 0) is 29.5 Å². The predicted octanol–water partition coefficient (Wildman–Crippen LogP) is 3.22. The van der Waals surface area contributed by atoms with E-state index in [1.807, 2.05) is 0 Å². The molecule has 0 spiro atoms. The van der Waals surface area contributed by atoms with Gasteiger partial charge in [-0.3, -0.25) is 13.9 Å². The summed E-state index contributed by atoms with van der Waals surface area (Å²) in [5.41, 5.74) is 0.0889. The summed E-state index contributed by atoms with van der Waals surface area (Å²) in [5.74, 6) is 1.17. The summed E-state index contributed by atoms with van der Waals surface area (Å²) < 4.78 is 67.2. The number of carbonyl (C=O) groups excluding carboxylic acids is 1. The molecule has 4 aliphatic carbocycles. The van der Waals surface area contributed by atoms with Crippen LogP contribution in [0, 0.1) is 46.3 Å². The van der Waals surface area contributed by atoms with Crippen molar-refractivity contribution in [2.24, 2.45) is 46.3 Å². The van der Waals surface area contributed by atoms with Gasteiger partial charge in [-0.15, -0.1) is 0 Å². The van der Waals surface area contributed by atoms with Crippen LogP contribution in [-0.4, -0.2) is 61.5 Å². The first kappa shape index (κ1) is 30.2. The maximum Gasteiger partial charge on any atom is 0.397 e. The normalized spacial score (nSPS) is 42.0. The Morgan fingerprint density at radius 3 is 2.32 bits per heavy atom. The third-order valence-corrected chi connectivity index (χ3v) is 12.4. The molecule has 4 rings (SSSR count). The van der Waals surface area contributed by atoms with Gasteiger partial charge in [0.15, 0.2) is 0 Å². The molecule has 0 aromatic rings. The highest BCUT2D eigenvalue weighted by Gasteiger charge is 2.63. The van der Waals surface area contributed by atoms with Gasteiger partial charge in [-0.1, -0.05) is 20.8 Å². The van der Waals surface area contributed by atoms with Crippen LogP contribution < -0.4 is 5.32 Å². The Kier molecular flexibility index (Phi) is 8.65. The standard InChI is InChI=1S/C26H45NO9S2/c1-16(4-7-23(29)27-12-13-37(30,31)32)19-5-6-20-24-21(9-11-26(19,20)3)25(2)10-8-18(36-38(33,34)35)14-17(25)15-22(24)28/h16-22,24,28H,4-15H2,1-3H3,(H,27,29)(H,30,31,32)(H,33,34,35)/t16-,17+,18?,19-,20+,21+,22-,24+,25+,26-/m1/s1. The van der Waals surface area contributed by atoms with Gasteiger partial charge in [0.2, 0.25) is 5.91 Å². The Hall–Kier alpha value is -0.790. The van der Waals surface area contributed by atoms with Crippen molar-refractivity contribution in [3.63, 3.8) is 0 Å². The highest BCUT2D eigenvalue weighted by molar-refractivity contribution is 7.85. The van der Waals surface area contributed by atoms with Crippen molar-refractivity contribution < 1.29 is 40.0 Å². The van der Waals surface area contributed by atoms with Crippen molar-refractivity contribution in [1.82, 2.24) is 5.32 Å². The molecule has 4 N–H and O–H groups in total. The molecular formula is C26H45NO9S2. The van der Waals surface area contributed by atoms with Gasteiger partial charge >= 0.3 is 10.4 Å². The average molecular weight is 580 g/mol. The van der Waals surface area contributed by atoms with Crippen molar-refractivity contribution in [3.8, 4) is 0 Å². The minimum absolute atomic E-state index is 0.00808. The van der Waals surface area contributed by atoms with Gasteiger partial charge in [-0.05, 0) is 104 Å². The fourth-order valence-electron chi connectivity index (χ4n) is 9.39. The molecule has 4 aliphatic rings. The van der Waals surface area contributed by atoms with Crippen LogP contribution in [0.1, 0.15) is 85.0 Å². The number of carbonyl (C=O) groups is 1. The first-order valence-corrected chi connectivity index (χ1v) is 17.1. The molecule has 0 radical (unpaired) electrons. The minimum atomic E-state index is -4.50. The second-order valence-corrected chi connectivity index (χ2v) is 15.7. The molecule has 0 bridgehead atoms. The van der Waals surface area contributed by atoms with Crippen LogP contribution in [0.15, 0.2) is 0 Å². The van der Waals surface area contributed by atoms with E-state index in [1.165, 1.54) is 0 Å². The Balaban J connectivity index is 1.39. The lowest BCUT2D eigenvalue weighted by atomic mass is 9.43. The van der Waals surface area contributed by atoms with Crippen molar-refractivity contribution in [2.75, 3.05) is 12.3 Å². The lowest BCUT2D eigenvalue weighted by molar-refractivity contribution is -0.172. The summed E-state index contributed by atoms with van der Waals surface area (Å²) in [7, 11) is -8.59. The monoisotopic (exact) mass is 579 g/mol. The third-order valence-electron chi connectivity index (χ3n) is 11.2. The van der Waals surface area contributed by atoms with Crippen LogP contribution >= 0.6 is 0 Å². The van der Waals surface area contributed by atoms with Crippen LogP contribution in [0.2, 0.25) is 0 Å². The first-order chi connectivity index (χ1) is 17.5. The number of hydrogen-bond donors (Lipinski definition) is 4. The van der Waals surface area contributed by atoms with E-state index in [9.17, 15) is 26.7 Å². The van der Waals surface area contributed by atoms with E-state index in [4.69, 9.17) is 13.3 Å². The zero-order valence-electron chi connectivity index (χ0n) is 22.7. The van der Waals surface area contributed by atoms with Gasteiger partial charge in [-0.2, -0.15) is 16.8 Å². The van der Waals surface area contributed by atoms with E-state index < -0.39 is 38.5 Å². The van der Waals surface area contributed by atoms with Crippen LogP contribution in [0.3, 0.4) is 0 Å². The van der Waals surface area contributed by atoms with Crippen molar-refractivity contribution in [3.05, 3.63) is 0 Å². The second-order valence-electron chi connectivity index (χ2n) is 13.1. The highest BCUT2D eigenvalue weighted by atomic mass is 32.3. The fourth-order valence-corrected chi connectivity index (χ4v) is 10.3. The van der Waals surface area contributed by atoms with E-state index in [-0.39, 0.29) is 35.1 Å². The van der Waals surface area contributed by atoms with Crippen LogP contribution in [0.25, 0.3) is 0 Å².